The molecule has 2 rings (SSSR count). The maximum absolute atomic E-state index is 11.9. The normalized spacial score (nSPS) is 16.5. The Bertz CT molecular complexity index is 383. The van der Waals surface area contributed by atoms with Crippen molar-refractivity contribution in [3.63, 3.8) is 0 Å². The molecule has 0 aliphatic carbocycles. The number of nitrogens with one attached hydrogen (secondary N) is 2. The molecule has 0 bridgehead atoms. The van der Waals surface area contributed by atoms with Gasteiger partial charge >= 0.3 is 0 Å². The monoisotopic (exact) mass is 249 g/mol. The van der Waals surface area contributed by atoms with Gasteiger partial charge in [0.15, 0.2) is 0 Å². The Morgan fingerprint density at radius 2 is 1.94 bits per heavy atom. The van der Waals surface area contributed by atoms with Crippen LogP contribution in [0.5, 0.6) is 0 Å². The summed E-state index contributed by atoms with van der Waals surface area (Å²) in [5.74, 6) is 0.0164. The molecule has 0 aromatic heterocycles. The second kappa shape index (κ2) is 6.52. The third-order valence-corrected chi connectivity index (χ3v) is 3.28. The number of hydrogen-bond acceptors (Lipinski definition) is 2. The number of rotatable bonds is 4. The first-order valence-corrected chi connectivity index (χ1v) is 6.52. The molecule has 1 aromatic rings. The summed E-state index contributed by atoms with van der Waals surface area (Å²) in [6, 6.07) is 7.66. The largest absolute Gasteiger partial charge is 0.370 e. The highest BCUT2D eigenvalue weighted by Gasteiger charge is 2.13. The third kappa shape index (κ3) is 3.82. The Kier molecular flexibility index (Phi) is 4.73. The quantitative estimate of drug-likeness (QED) is 0.765. The van der Waals surface area contributed by atoms with E-state index in [2.05, 4.69) is 5.32 Å². The van der Waals surface area contributed by atoms with E-state index in [0.717, 1.165) is 45.0 Å². The first kappa shape index (κ1) is 13.1. The second-order valence-electron chi connectivity index (χ2n) is 4.73. The van der Waals surface area contributed by atoms with Crippen LogP contribution in [0.4, 0.5) is 0 Å². The number of quaternary nitrogens is 1. The Balaban J connectivity index is 1.72. The molecule has 2 N–H and O–H groups in total. The van der Waals surface area contributed by atoms with Crippen molar-refractivity contribution in [2.24, 2.45) is 0 Å². The van der Waals surface area contributed by atoms with Gasteiger partial charge in [0.05, 0.1) is 26.3 Å². The van der Waals surface area contributed by atoms with Gasteiger partial charge in [0.2, 0.25) is 0 Å². The lowest BCUT2D eigenvalue weighted by atomic mass is 10.1. The van der Waals surface area contributed by atoms with Gasteiger partial charge in [-0.2, -0.15) is 0 Å². The lowest BCUT2D eigenvalue weighted by Crippen LogP contribution is -3.14. The first-order chi connectivity index (χ1) is 8.75. The van der Waals surface area contributed by atoms with Crippen LogP contribution in [0, 0.1) is 6.92 Å². The van der Waals surface area contributed by atoms with Crippen LogP contribution in [0.3, 0.4) is 0 Å². The van der Waals surface area contributed by atoms with Crippen LogP contribution in [0.15, 0.2) is 24.3 Å². The molecule has 0 saturated carbocycles. The maximum Gasteiger partial charge on any atom is 0.251 e. The van der Waals surface area contributed by atoms with E-state index in [1.165, 1.54) is 10.5 Å². The molecule has 0 radical (unpaired) electrons. The fraction of sp³-hybridized carbons (Fsp3) is 0.500. The van der Waals surface area contributed by atoms with E-state index < -0.39 is 0 Å². The second-order valence-corrected chi connectivity index (χ2v) is 4.73. The number of amides is 1. The van der Waals surface area contributed by atoms with E-state index in [4.69, 9.17) is 4.74 Å². The lowest BCUT2D eigenvalue weighted by molar-refractivity contribution is -0.906. The van der Waals surface area contributed by atoms with Crippen LogP contribution in [-0.4, -0.2) is 45.3 Å². The smallest absolute Gasteiger partial charge is 0.251 e. The van der Waals surface area contributed by atoms with Crippen molar-refractivity contribution in [3.8, 4) is 0 Å². The van der Waals surface area contributed by atoms with Crippen molar-refractivity contribution in [2.75, 3.05) is 39.4 Å². The van der Waals surface area contributed by atoms with Crippen molar-refractivity contribution in [2.45, 2.75) is 6.92 Å². The lowest BCUT2D eigenvalue weighted by Gasteiger charge is -2.23. The molecule has 1 saturated heterocycles. The van der Waals surface area contributed by atoms with E-state index in [9.17, 15) is 4.79 Å². The van der Waals surface area contributed by atoms with Crippen molar-refractivity contribution < 1.29 is 14.4 Å². The first-order valence-electron chi connectivity index (χ1n) is 6.52. The summed E-state index contributed by atoms with van der Waals surface area (Å²) >= 11 is 0. The number of ether oxygens (including phenoxy) is 1. The summed E-state index contributed by atoms with van der Waals surface area (Å²) in [4.78, 5) is 13.4. The SMILES string of the molecule is Cc1ccc(C(=O)NCC[NH+]2CCOCC2)cc1. The molecule has 1 amide bonds. The molecule has 1 aliphatic rings. The molecule has 4 nitrogen and oxygen atoms in total. The van der Waals surface area contributed by atoms with Crippen LogP contribution in [0.2, 0.25) is 0 Å². The molecule has 4 heteroatoms. The molecular formula is C14H21N2O2+. The standard InChI is InChI=1S/C14H20N2O2/c1-12-2-4-13(5-3-12)14(17)15-6-7-16-8-10-18-11-9-16/h2-5H,6-11H2,1H3,(H,15,17)/p+1. The molecule has 98 valence electrons. The van der Waals surface area contributed by atoms with Crippen LogP contribution in [-0.2, 0) is 4.74 Å². The molecule has 1 aromatic carbocycles. The molecule has 0 atom stereocenters. The number of aryl methyl sites for hydroxylation is 1. The van der Waals surface area contributed by atoms with E-state index in [1.54, 1.807) is 0 Å². The number of carbonyl (C=O) groups is 1. The summed E-state index contributed by atoms with van der Waals surface area (Å²) in [5.41, 5.74) is 1.90. The Labute approximate surface area is 108 Å². The van der Waals surface area contributed by atoms with Gasteiger partial charge in [0.25, 0.3) is 5.91 Å². The van der Waals surface area contributed by atoms with Gasteiger partial charge in [0.1, 0.15) is 13.1 Å². The summed E-state index contributed by atoms with van der Waals surface area (Å²) in [6.07, 6.45) is 0. The van der Waals surface area contributed by atoms with E-state index in [1.807, 2.05) is 31.2 Å². The third-order valence-electron chi connectivity index (χ3n) is 3.28. The zero-order valence-corrected chi connectivity index (χ0v) is 10.9. The summed E-state index contributed by atoms with van der Waals surface area (Å²) in [6.45, 7) is 7.47. The average molecular weight is 249 g/mol. The van der Waals surface area contributed by atoms with E-state index >= 15 is 0 Å². The maximum atomic E-state index is 11.9. The predicted octanol–water partition coefficient (Wildman–Crippen LogP) is -0.360. The van der Waals surface area contributed by atoms with Crippen molar-refractivity contribution >= 4 is 5.91 Å². The Morgan fingerprint density at radius 3 is 2.61 bits per heavy atom. The van der Waals surface area contributed by atoms with Crippen LogP contribution in [0.25, 0.3) is 0 Å². The topological polar surface area (TPSA) is 42.8 Å². The summed E-state index contributed by atoms with van der Waals surface area (Å²) < 4.78 is 5.30. The zero-order valence-electron chi connectivity index (χ0n) is 10.9. The molecule has 1 aliphatic heterocycles. The zero-order chi connectivity index (χ0) is 12.8. The molecular weight excluding hydrogens is 228 g/mol. The van der Waals surface area contributed by atoms with Crippen molar-refractivity contribution in [1.29, 1.82) is 0 Å². The van der Waals surface area contributed by atoms with Gasteiger partial charge < -0.3 is 15.0 Å². The average Bonchev–Trinajstić information content (AvgIpc) is 2.40. The van der Waals surface area contributed by atoms with Gasteiger partial charge in [0, 0.05) is 5.56 Å². The predicted molar refractivity (Wildman–Crippen MR) is 69.9 cm³/mol. The van der Waals surface area contributed by atoms with Crippen LogP contribution >= 0.6 is 0 Å². The molecule has 0 unspecified atom stereocenters. The minimum Gasteiger partial charge on any atom is -0.370 e. The molecule has 18 heavy (non-hydrogen) atoms. The number of benzene rings is 1. The minimum atomic E-state index is 0.0164. The van der Waals surface area contributed by atoms with Crippen LogP contribution < -0.4 is 10.2 Å². The molecule has 1 heterocycles. The van der Waals surface area contributed by atoms with Gasteiger partial charge in [-0.1, -0.05) is 17.7 Å². The van der Waals surface area contributed by atoms with Gasteiger partial charge in [-0.25, -0.2) is 0 Å². The van der Waals surface area contributed by atoms with Gasteiger partial charge in [-0.15, -0.1) is 0 Å². The van der Waals surface area contributed by atoms with Crippen molar-refractivity contribution in [3.05, 3.63) is 35.4 Å². The fourth-order valence-electron chi connectivity index (χ4n) is 2.07. The van der Waals surface area contributed by atoms with Crippen molar-refractivity contribution in [1.82, 2.24) is 5.32 Å². The van der Waals surface area contributed by atoms with E-state index in [-0.39, 0.29) is 5.91 Å². The van der Waals surface area contributed by atoms with E-state index in [0.29, 0.717) is 0 Å². The minimum absolute atomic E-state index is 0.0164. The number of carbonyl (C=O) groups excluding carboxylic acids is 1. The van der Waals surface area contributed by atoms with Gasteiger partial charge in [-0.05, 0) is 19.1 Å². The Hall–Kier alpha value is -1.39. The van der Waals surface area contributed by atoms with Crippen LogP contribution in [0.1, 0.15) is 15.9 Å². The highest BCUT2D eigenvalue weighted by Crippen LogP contribution is 2.02. The highest BCUT2D eigenvalue weighted by atomic mass is 16.5. The Morgan fingerprint density at radius 1 is 1.28 bits per heavy atom. The summed E-state index contributed by atoms with van der Waals surface area (Å²) in [5, 5.41) is 2.97. The fourth-order valence-corrected chi connectivity index (χ4v) is 2.07. The van der Waals surface area contributed by atoms with Gasteiger partial charge in [-0.3, -0.25) is 4.79 Å². The summed E-state index contributed by atoms with van der Waals surface area (Å²) in [7, 11) is 0. The molecule has 1 fully saturated rings. The molecule has 0 spiro atoms. The number of hydrogen-bond donors (Lipinski definition) is 2. The highest BCUT2D eigenvalue weighted by molar-refractivity contribution is 5.94. The number of morpholine rings is 1.